The molecule has 0 saturated heterocycles. The molecule has 0 aliphatic heterocycles. The Kier molecular flexibility index (Phi) is 7.42. The second kappa shape index (κ2) is 10.7. The van der Waals surface area contributed by atoms with Crippen LogP contribution in [0.3, 0.4) is 0 Å². The Morgan fingerprint density at radius 3 is 2.83 bits per heavy atom. The number of halogens is 1. The predicted molar refractivity (Wildman–Crippen MR) is 127 cm³/mol. The number of ether oxygens (including phenoxy) is 1. The SMILES string of the molecule is Cc1noc(-c2ccc(O[C@H]3CCC[C@H](C(=O)O)C3)cn2)c1CNc1ncc(F)c(NC(C)C)n1. The summed E-state index contributed by atoms with van der Waals surface area (Å²) in [6.45, 7) is 5.91. The zero-order valence-electron chi connectivity index (χ0n) is 19.9. The second-order valence-corrected chi connectivity index (χ2v) is 8.94. The summed E-state index contributed by atoms with van der Waals surface area (Å²) in [5.74, 6) is -0.195. The van der Waals surface area contributed by atoms with Crippen LogP contribution >= 0.6 is 0 Å². The van der Waals surface area contributed by atoms with Gasteiger partial charge in [-0.05, 0) is 58.6 Å². The van der Waals surface area contributed by atoms with Gasteiger partial charge in [-0.1, -0.05) is 5.16 Å². The molecule has 1 saturated carbocycles. The van der Waals surface area contributed by atoms with Gasteiger partial charge < -0.3 is 25.0 Å². The minimum Gasteiger partial charge on any atom is -0.489 e. The Morgan fingerprint density at radius 2 is 2.11 bits per heavy atom. The molecule has 3 aromatic heterocycles. The van der Waals surface area contributed by atoms with Gasteiger partial charge in [0.25, 0.3) is 0 Å². The van der Waals surface area contributed by atoms with Gasteiger partial charge in [0.15, 0.2) is 17.4 Å². The van der Waals surface area contributed by atoms with Crippen molar-refractivity contribution in [3.05, 3.63) is 41.6 Å². The van der Waals surface area contributed by atoms with Crippen molar-refractivity contribution in [1.82, 2.24) is 20.1 Å². The molecule has 1 fully saturated rings. The molecule has 186 valence electrons. The van der Waals surface area contributed by atoms with Crippen molar-refractivity contribution >= 4 is 17.7 Å². The fourth-order valence-electron chi connectivity index (χ4n) is 4.05. The highest BCUT2D eigenvalue weighted by Gasteiger charge is 2.28. The Bertz CT molecular complexity index is 1170. The summed E-state index contributed by atoms with van der Waals surface area (Å²) in [5, 5.41) is 19.4. The molecule has 2 atom stereocenters. The molecule has 0 unspecified atom stereocenters. The average molecular weight is 485 g/mol. The van der Waals surface area contributed by atoms with Gasteiger partial charge in [-0.2, -0.15) is 4.98 Å². The third-order valence-electron chi connectivity index (χ3n) is 5.82. The standard InChI is InChI=1S/C24H29FN6O4/c1-13(2)29-22-19(25)12-28-24(30-22)27-11-18-14(3)31-35-21(18)20-8-7-17(10-26-20)34-16-6-4-5-15(9-16)23(32)33/h7-8,10,12-13,15-16H,4-6,9,11H2,1-3H3,(H,32,33)(H2,27,28,29,30)/t15-,16-/m0/s1. The van der Waals surface area contributed by atoms with E-state index in [2.05, 4.69) is 30.7 Å². The van der Waals surface area contributed by atoms with Crippen molar-refractivity contribution < 1.29 is 23.6 Å². The lowest BCUT2D eigenvalue weighted by Crippen LogP contribution is -2.29. The summed E-state index contributed by atoms with van der Waals surface area (Å²) in [6, 6.07) is 3.58. The summed E-state index contributed by atoms with van der Waals surface area (Å²) < 4.78 is 25.4. The van der Waals surface area contributed by atoms with E-state index in [1.807, 2.05) is 20.8 Å². The average Bonchev–Trinajstić information content (AvgIpc) is 3.20. The molecule has 1 aliphatic rings. The predicted octanol–water partition coefficient (Wildman–Crippen LogP) is 4.43. The quantitative estimate of drug-likeness (QED) is 0.400. The van der Waals surface area contributed by atoms with Crippen molar-refractivity contribution in [3.63, 3.8) is 0 Å². The maximum absolute atomic E-state index is 13.9. The molecule has 0 amide bonds. The Balaban J connectivity index is 1.43. The fourth-order valence-corrected chi connectivity index (χ4v) is 4.05. The minimum absolute atomic E-state index is 0.0221. The van der Waals surface area contributed by atoms with E-state index in [9.17, 15) is 14.3 Å². The molecule has 0 radical (unpaired) electrons. The van der Waals surface area contributed by atoms with Gasteiger partial charge in [0.1, 0.15) is 11.4 Å². The van der Waals surface area contributed by atoms with E-state index in [0.29, 0.717) is 42.3 Å². The highest BCUT2D eigenvalue weighted by molar-refractivity contribution is 5.70. The van der Waals surface area contributed by atoms with Crippen LogP contribution in [0.25, 0.3) is 11.5 Å². The van der Waals surface area contributed by atoms with Crippen LogP contribution in [0, 0.1) is 18.7 Å². The van der Waals surface area contributed by atoms with Gasteiger partial charge in [-0.15, -0.1) is 0 Å². The van der Waals surface area contributed by atoms with E-state index < -0.39 is 11.8 Å². The van der Waals surface area contributed by atoms with E-state index in [4.69, 9.17) is 9.26 Å². The Hall–Kier alpha value is -3.76. The van der Waals surface area contributed by atoms with Crippen LogP contribution in [0.4, 0.5) is 16.2 Å². The number of carboxylic acids is 1. The summed E-state index contributed by atoms with van der Waals surface area (Å²) in [6.07, 6.45) is 5.40. The third kappa shape index (κ3) is 6.03. The van der Waals surface area contributed by atoms with Gasteiger partial charge in [0.05, 0.1) is 30.1 Å². The number of carbonyl (C=O) groups is 1. The maximum Gasteiger partial charge on any atom is 0.306 e. The monoisotopic (exact) mass is 484 g/mol. The van der Waals surface area contributed by atoms with Crippen LogP contribution in [0.1, 0.15) is 50.8 Å². The number of aliphatic carboxylic acids is 1. The van der Waals surface area contributed by atoms with Gasteiger partial charge in [-0.25, -0.2) is 14.4 Å². The highest BCUT2D eigenvalue weighted by atomic mass is 19.1. The molecule has 4 rings (SSSR count). The highest BCUT2D eigenvalue weighted by Crippen LogP contribution is 2.30. The fraction of sp³-hybridized carbons (Fsp3) is 0.458. The number of aromatic nitrogens is 4. The molecule has 0 aromatic carbocycles. The summed E-state index contributed by atoms with van der Waals surface area (Å²) >= 11 is 0. The van der Waals surface area contributed by atoms with Crippen LogP contribution in [-0.2, 0) is 11.3 Å². The molecular formula is C24H29FN6O4. The molecule has 11 heteroatoms. The first kappa shape index (κ1) is 24.4. The number of hydrogen-bond donors (Lipinski definition) is 3. The third-order valence-corrected chi connectivity index (χ3v) is 5.82. The summed E-state index contributed by atoms with van der Waals surface area (Å²) in [7, 11) is 0. The lowest BCUT2D eigenvalue weighted by molar-refractivity contribution is -0.143. The van der Waals surface area contributed by atoms with E-state index in [1.165, 1.54) is 0 Å². The van der Waals surface area contributed by atoms with Crippen LogP contribution in [0.5, 0.6) is 5.75 Å². The molecule has 35 heavy (non-hydrogen) atoms. The largest absolute Gasteiger partial charge is 0.489 e. The van der Waals surface area contributed by atoms with Gasteiger partial charge >= 0.3 is 5.97 Å². The number of nitrogens with zero attached hydrogens (tertiary/aromatic N) is 4. The first-order valence-electron chi connectivity index (χ1n) is 11.6. The second-order valence-electron chi connectivity index (χ2n) is 8.94. The van der Waals surface area contributed by atoms with Gasteiger partial charge in [0.2, 0.25) is 5.95 Å². The van der Waals surface area contributed by atoms with E-state index in [1.54, 1.807) is 18.3 Å². The zero-order valence-corrected chi connectivity index (χ0v) is 19.9. The van der Waals surface area contributed by atoms with Gasteiger partial charge in [-0.3, -0.25) is 4.79 Å². The molecule has 3 aromatic rings. The van der Waals surface area contributed by atoms with Crippen molar-refractivity contribution in [2.75, 3.05) is 10.6 Å². The Morgan fingerprint density at radius 1 is 1.29 bits per heavy atom. The zero-order chi connectivity index (χ0) is 24.9. The molecule has 3 heterocycles. The molecule has 0 spiro atoms. The number of pyridine rings is 1. The number of nitrogens with one attached hydrogen (secondary N) is 2. The van der Waals surface area contributed by atoms with Crippen LogP contribution < -0.4 is 15.4 Å². The number of carboxylic acid groups (broad SMARTS) is 1. The van der Waals surface area contributed by atoms with E-state index in [0.717, 1.165) is 24.6 Å². The van der Waals surface area contributed by atoms with Gasteiger partial charge in [0, 0.05) is 18.2 Å². The smallest absolute Gasteiger partial charge is 0.306 e. The molecular weight excluding hydrogens is 455 g/mol. The summed E-state index contributed by atoms with van der Waals surface area (Å²) in [5.41, 5.74) is 2.03. The normalized spacial score (nSPS) is 17.9. The maximum atomic E-state index is 13.9. The molecule has 10 nitrogen and oxygen atoms in total. The van der Waals surface area contributed by atoms with E-state index in [-0.39, 0.29) is 29.8 Å². The lowest BCUT2D eigenvalue weighted by Gasteiger charge is -2.27. The molecule has 3 N–H and O–H groups in total. The lowest BCUT2D eigenvalue weighted by atomic mass is 9.87. The topological polar surface area (TPSA) is 135 Å². The number of rotatable bonds is 9. The van der Waals surface area contributed by atoms with Crippen LogP contribution in [0.15, 0.2) is 29.0 Å². The number of anilines is 2. The molecule has 0 bridgehead atoms. The number of aryl methyl sites for hydroxylation is 1. The van der Waals surface area contributed by atoms with Crippen molar-refractivity contribution in [2.24, 2.45) is 5.92 Å². The van der Waals surface area contributed by atoms with Crippen LogP contribution in [0.2, 0.25) is 0 Å². The Labute approximate surface area is 202 Å². The summed E-state index contributed by atoms with van der Waals surface area (Å²) in [4.78, 5) is 24.0. The molecule has 1 aliphatic carbocycles. The van der Waals surface area contributed by atoms with Crippen molar-refractivity contribution in [3.8, 4) is 17.2 Å². The van der Waals surface area contributed by atoms with Crippen molar-refractivity contribution in [1.29, 1.82) is 0 Å². The number of hydrogen-bond acceptors (Lipinski definition) is 9. The van der Waals surface area contributed by atoms with E-state index >= 15 is 0 Å². The first-order chi connectivity index (χ1) is 16.8. The first-order valence-corrected chi connectivity index (χ1v) is 11.6. The van der Waals surface area contributed by atoms with Crippen molar-refractivity contribution in [2.45, 2.75) is 65.1 Å². The van der Waals surface area contributed by atoms with Crippen LogP contribution in [-0.4, -0.2) is 43.3 Å². The minimum atomic E-state index is -0.771.